The molecule has 1 N–H and O–H groups in total. The van der Waals surface area contributed by atoms with E-state index in [0.717, 1.165) is 36.7 Å². The summed E-state index contributed by atoms with van der Waals surface area (Å²) in [5.41, 5.74) is 0. The van der Waals surface area contributed by atoms with Crippen molar-refractivity contribution in [1.82, 2.24) is 14.9 Å². The number of imidazole rings is 1. The molecule has 0 aromatic carbocycles. The van der Waals surface area contributed by atoms with Gasteiger partial charge in [0.05, 0.1) is 5.02 Å². The fraction of sp³-hybridized carbons (Fsp3) is 0.500. The van der Waals surface area contributed by atoms with E-state index in [-0.39, 0.29) is 0 Å². The van der Waals surface area contributed by atoms with Gasteiger partial charge in [0.15, 0.2) is 0 Å². The third kappa shape index (κ3) is 3.81. The van der Waals surface area contributed by atoms with Crippen molar-refractivity contribution in [3.63, 3.8) is 0 Å². The van der Waals surface area contributed by atoms with Crippen LogP contribution in [0.3, 0.4) is 0 Å². The van der Waals surface area contributed by atoms with Gasteiger partial charge in [-0.05, 0) is 30.8 Å². The Morgan fingerprint density at radius 3 is 2.95 bits per heavy atom. The standard InChI is InChI=1S/C14H20ClN3S/c1-3-7-16-12(14-11(15)6-10-19-14)4-5-13-17-8-9-18(13)2/h6,8-10,12,16H,3-5,7H2,1-2H3. The third-order valence-electron chi connectivity index (χ3n) is 3.18. The Balaban J connectivity index is 2.02. The van der Waals surface area contributed by atoms with Crippen molar-refractivity contribution in [3.05, 3.63) is 39.6 Å². The zero-order valence-electron chi connectivity index (χ0n) is 11.4. The molecule has 0 saturated carbocycles. The van der Waals surface area contributed by atoms with Crippen molar-refractivity contribution >= 4 is 22.9 Å². The average molecular weight is 298 g/mol. The number of aromatic nitrogens is 2. The monoisotopic (exact) mass is 297 g/mol. The lowest BCUT2D eigenvalue weighted by atomic mass is 10.1. The van der Waals surface area contributed by atoms with Crippen LogP contribution in [0, 0.1) is 0 Å². The van der Waals surface area contributed by atoms with Gasteiger partial charge < -0.3 is 9.88 Å². The van der Waals surface area contributed by atoms with E-state index in [1.54, 1.807) is 11.3 Å². The first kappa shape index (κ1) is 14.6. The van der Waals surface area contributed by atoms with E-state index in [4.69, 9.17) is 11.6 Å². The maximum absolute atomic E-state index is 6.25. The van der Waals surface area contributed by atoms with E-state index in [1.807, 2.05) is 25.5 Å². The number of nitrogens with zero attached hydrogens (tertiary/aromatic N) is 2. The van der Waals surface area contributed by atoms with Gasteiger partial charge in [0, 0.05) is 36.8 Å². The van der Waals surface area contributed by atoms with Crippen LogP contribution in [-0.2, 0) is 13.5 Å². The molecule has 1 unspecified atom stereocenters. The van der Waals surface area contributed by atoms with Gasteiger partial charge in [0.1, 0.15) is 5.82 Å². The minimum Gasteiger partial charge on any atom is -0.338 e. The first-order valence-electron chi connectivity index (χ1n) is 6.64. The number of hydrogen-bond acceptors (Lipinski definition) is 3. The van der Waals surface area contributed by atoms with Crippen molar-refractivity contribution in [2.24, 2.45) is 7.05 Å². The molecular formula is C14H20ClN3S. The van der Waals surface area contributed by atoms with Gasteiger partial charge in [-0.3, -0.25) is 0 Å². The highest BCUT2D eigenvalue weighted by molar-refractivity contribution is 7.10. The van der Waals surface area contributed by atoms with Crippen LogP contribution in [0.2, 0.25) is 5.02 Å². The molecule has 0 spiro atoms. The van der Waals surface area contributed by atoms with Gasteiger partial charge in [0.25, 0.3) is 0 Å². The molecule has 0 aliphatic heterocycles. The van der Waals surface area contributed by atoms with Crippen LogP contribution in [0.15, 0.2) is 23.8 Å². The van der Waals surface area contributed by atoms with E-state index in [0.29, 0.717) is 6.04 Å². The summed E-state index contributed by atoms with van der Waals surface area (Å²) in [6.07, 6.45) is 6.94. The van der Waals surface area contributed by atoms with E-state index in [1.165, 1.54) is 4.88 Å². The molecule has 3 nitrogen and oxygen atoms in total. The normalized spacial score (nSPS) is 12.8. The van der Waals surface area contributed by atoms with Crippen molar-refractivity contribution in [3.8, 4) is 0 Å². The molecule has 0 saturated heterocycles. The Kier molecular flexibility index (Phi) is 5.43. The van der Waals surface area contributed by atoms with Gasteiger partial charge in [-0.25, -0.2) is 4.98 Å². The number of thiophene rings is 1. The second-order valence-corrected chi connectivity index (χ2v) is 5.99. The van der Waals surface area contributed by atoms with Crippen LogP contribution in [-0.4, -0.2) is 16.1 Å². The second-order valence-electron chi connectivity index (χ2n) is 4.63. The maximum Gasteiger partial charge on any atom is 0.108 e. The van der Waals surface area contributed by atoms with Gasteiger partial charge >= 0.3 is 0 Å². The molecular weight excluding hydrogens is 278 g/mol. The molecule has 5 heteroatoms. The zero-order valence-corrected chi connectivity index (χ0v) is 13.0. The van der Waals surface area contributed by atoms with Crippen LogP contribution in [0.4, 0.5) is 0 Å². The SMILES string of the molecule is CCCNC(CCc1nccn1C)c1sccc1Cl. The molecule has 1 atom stereocenters. The van der Waals surface area contributed by atoms with Gasteiger partial charge in [-0.2, -0.15) is 0 Å². The molecule has 2 rings (SSSR count). The summed E-state index contributed by atoms with van der Waals surface area (Å²) < 4.78 is 2.08. The van der Waals surface area contributed by atoms with Crippen LogP contribution >= 0.6 is 22.9 Å². The summed E-state index contributed by atoms with van der Waals surface area (Å²) in [6, 6.07) is 2.30. The minimum absolute atomic E-state index is 0.323. The molecule has 0 radical (unpaired) electrons. The summed E-state index contributed by atoms with van der Waals surface area (Å²) in [4.78, 5) is 5.62. The Bertz CT molecular complexity index is 506. The highest BCUT2D eigenvalue weighted by Crippen LogP contribution is 2.31. The van der Waals surface area contributed by atoms with E-state index >= 15 is 0 Å². The molecule has 2 aromatic heterocycles. The number of rotatable bonds is 7. The predicted molar refractivity (Wildman–Crippen MR) is 81.9 cm³/mol. The number of aryl methyl sites for hydroxylation is 2. The van der Waals surface area contributed by atoms with Crippen molar-refractivity contribution < 1.29 is 0 Å². The van der Waals surface area contributed by atoms with E-state index in [9.17, 15) is 0 Å². The first-order chi connectivity index (χ1) is 9.22. The maximum atomic E-state index is 6.25. The fourth-order valence-corrected chi connectivity index (χ4v) is 3.41. The Hall–Kier alpha value is -0.840. The van der Waals surface area contributed by atoms with Crippen molar-refractivity contribution in [2.45, 2.75) is 32.2 Å². The molecule has 104 valence electrons. The lowest BCUT2D eigenvalue weighted by Crippen LogP contribution is -2.22. The first-order valence-corrected chi connectivity index (χ1v) is 7.90. The van der Waals surface area contributed by atoms with Gasteiger partial charge in [-0.15, -0.1) is 11.3 Å². The van der Waals surface area contributed by atoms with Crippen LogP contribution in [0.5, 0.6) is 0 Å². The molecule has 2 aromatic rings. The molecule has 0 bridgehead atoms. The van der Waals surface area contributed by atoms with E-state index < -0.39 is 0 Å². The third-order valence-corrected chi connectivity index (χ3v) is 4.65. The average Bonchev–Trinajstić information content (AvgIpc) is 2.99. The highest BCUT2D eigenvalue weighted by Gasteiger charge is 2.16. The fourth-order valence-electron chi connectivity index (χ4n) is 2.11. The molecule has 0 aliphatic carbocycles. The number of nitrogens with one attached hydrogen (secondary N) is 1. The predicted octanol–water partition coefficient (Wildman–Crippen LogP) is 3.81. The van der Waals surface area contributed by atoms with Crippen molar-refractivity contribution in [1.29, 1.82) is 0 Å². The Morgan fingerprint density at radius 1 is 1.53 bits per heavy atom. The molecule has 2 heterocycles. The molecule has 0 amide bonds. The minimum atomic E-state index is 0.323. The molecule has 0 aliphatic rings. The molecule has 0 fully saturated rings. The Labute approximate surface area is 123 Å². The van der Waals surface area contributed by atoms with Crippen molar-refractivity contribution in [2.75, 3.05) is 6.54 Å². The smallest absolute Gasteiger partial charge is 0.108 e. The largest absolute Gasteiger partial charge is 0.338 e. The highest BCUT2D eigenvalue weighted by atomic mass is 35.5. The lowest BCUT2D eigenvalue weighted by Gasteiger charge is -2.17. The van der Waals surface area contributed by atoms with E-state index in [2.05, 4.69) is 27.2 Å². The topological polar surface area (TPSA) is 29.9 Å². The number of halogens is 1. The summed E-state index contributed by atoms with van der Waals surface area (Å²) in [5, 5.41) is 6.51. The zero-order chi connectivity index (χ0) is 13.7. The summed E-state index contributed by atoms with van der Waals surface area (Å²) in [7, 11) is 2.04. The van der Waals surface area contributed by atoms with Crippen LogP contribution < -0.4 is 5.32 Å². The number of hydrogen-bond donors (Lipinski definition) is 1. The van der Waals surface area contributed by atoms with Crippen LogP contribution in [0.1, 0.15) is 36.5 Å². The summed E-state index contributed by atoms with van der Waals surface area (Å²) in [5.74, 6) is 1.12. The lowest BCUT2D eigenvalue weighted by molar-refractivity contribution is 0.498. The summed E-state index contributed by atoms with van der Waals surface area (Å²) >= 11 is 7.98. The quantitative estimate of drug-likeness (QED) is 0.842. The summed E-state index contributed by atoms with van der Waals surface area (Å²) in [6.45, 7) is 3.19. The van der Waals surface area contributed by atoms with Gasteiger partial charge in [0.2, 0.25) is 0 Å². The Morgan fingerprint density at radius 2 is 2.37 bits per heavy atom. The molecule has 19 heavy (non-hydrogen) atoms. The second kappa shape index (κ2) is 7.08. The van der Waals surface area contributed by atoms with Gasteiger partial charge in [-0.1, -0.05) is 18.5 Å². The van der Waals surface area contributed by atoms with Crippen LogP contribution in [0.25, 0.3) is 0 Å².